The summed E-state index contributed by atoms with van der Waals surface area (Å²) < 4.78 is 11.9. The summed E-state index contributed by atoms with van der Waals surface area (Å²) in [5, 5.41) is 4.80. The van der Waals surface area contributed by atoms with Gasteiger partial charge in [-0.05, 0) is 16.7 Å². The van der Waals surface area contributed by atoms with E-state index in [1.165, 1.54) is 32.1 Å². The van der Waals surface area contributed by atoms with Gasteiger partial charge in [0.1, 0.15) is 0 Å². The normalized spacial score (nSPS) is 11.9. The molecule has 0 aliphatic rings. The molecular weight excluding hydrogens is 544 g/mol. The van der Waals surface area contributed by atoms with Gasteiger partial charge < -0.3 is 9.47 Å². The molecule has 0 fully saturated rings. The molecule has 0 radical (unpaired) electrons. The fraction of sp³-hybridized carbons (Fsp3) is 0.0571. The van der Waals surface area contributed by atoms with E-state index < -0.39 is 11.9 Å². The summed E-state index contributed by atoms with van der Waals surface area (Å²) in [7, 11) is 2.71. The van der Waals surface area contributed by atoms with Crippen LogP contribution in [0.4, 0.5) is 0 Å². The Morgan fingerprint density at radius 3 is 1.76 bits per heavy atom. The molecule has 0 N–H and O–H groups in total. The highest BCUT2D eigenvalue weighted by Crippen LogP contribution is 2.44. The topological polar surface area (TPSA) is 70.4 Å². The van der Waals surface area contributed by atoms with E-state index in [2.05, 4.69) is 0 Å². The first-order valence-electron chi connectivity index (χ1n) is 13.2. The van der Waals surface area contributed by atoms with E-state index in [4.69, 9.17) is 14.6 Å². The molecule has 0 saturated heterocycles. The van der Waals surface area contributed by atoms with Crippen molar-refractivity contribution in [3.05, 3.63) is 156 Å². The number of ether oxygens (including phenoxy) is 2. The molecule has 0 aliphatic carbocycles. The second kappa shape index (κ2) is 13.5. The first-order chi connectivity index (χ1) is 20.6. The molecule has 7 heteroatoms. The largest absolute Gasteiger partial charge is 0.466 e. The molecule has 0 amide bonds. The molecule has 5 rings (SSSR count). The van der Waals surface area contributed by atoms with Crippen LogP contribution in [0.25, 0.3) is 26.6 Å². The lowest BCUT2D eigenvalue weighted by molar-refractivity contribution is -0.134. The van der Waals surface area contributed by atoms with Crippen LogP contribution in [0.5, 0.6) is 0 Å². The van der Waals surface area contributed by atoms with Crippen molar-refractivity contribution in [3.63, 3.8) is 0 Å². The van der Waals surface area contributed by atoms with Gasteiger partial charge in [0, 0.05) is 33.2 Å². The van der Waals surface area contributed by atoms with Crippen molar-refractivity contribution >= 4 is 39.2 Å². The standard InChI is InChI=1S/C35H28N2O4S/c1-40-31(38)23-30(26-17-9-4-10-18-26)42-34(28-21-13-6-14-22-28)33(27-19-11-5-12-20-27)37-24-29(25-15-7-3-8-16-25)32(36-37)35(39)41-2/h3-24H,1-2H3/b30-23+,34-33+. The Morgan fingerprint density at radius 2 is 1.21 bits per heavy atom. The highest BCUT2D eigenvalue weighted by molar-refractivity contribution is 8.16. The van der Waals surface area contributed by atoms with Crippen LogP contribution in [0, 0.1) is 0 Å². The lowest BCUT2D eigenvalue weighted by Gasteiger charge is -2.18. The Labute approximate surface area is 248 Å². The second-order valence-corrected chi connectivity index (χ2v) is 10.2. The molecule has 6 nitrogen and oxygen atoms in total. The van der Waals surface area contributed by atoms with Gasteiger partial charge in [-0.3, -0.25) is 0 Å². The minimum absolute atomic E-state index is 0.197. The third kappa shape index (κ3) is 6.43. The molecule has 0 atom stereocenters. The van der Waals surface area contributed by atoms with Crippen molar-refractivity contribution in [1.29, 1.82) is 0 Å². The summed E-state index contributed by atoms with van der Waals surface area (Å²) in [5.74, 6) is -1.00. The Morgan fingerprint density at radius 1 is 0.690 bits per heavy atom. The summed E-state index contributed by atoms with van der Waals surface area (Å²) in [4.78, 5) is 27.0. The third-order valence-corrected chi connectivity index (χ3v) is 7.63. The lowest BCUT2D eigenvalue weighted by atomic mass is 10.1. The van der Waals surface area contributed by atoms with Crippen molar-refractivity contribution in [2.45, 2.75) is 0 Å². The van der Waals surface area contributed by atoms with Gasteiger partial charge >= 0.3 is 11.9 Å². The maximum Gasteiger partial charge on any atom is 0.359 e. The molecule has 0 bridgehead atoms. The zero-order valence-corrected chi connectivity index (χ0v) is 24.0. The number of rotatable bonds is 9. The first-order valence-corrected chi connectivity index (χ1v) is 14.0. The summed E-state index contributed by atoms with van der Waals surface area (Å²) in [5.41, 5.74) is 5.03. The smallest absolute Gasteiger partial charge is 0.359 e. The van der Waals surface area contributed by atoms with E-state index in [0.29, 0.717) is 10.5 Å². The maximum absolute atomic E-state index is 13.0. The third-order valence-electron chi connectivity index (χ3n) is 6.43. The monoisotopic (exact) mass is 572 g/mol. The predicted molar refractivity (Wildman–Crippen MR) is 168 cm³/mol. The Kier molecular flexibility index (Phi) is 9.11. The average Bonchev–Trinajstić information content (AvgIpc) is 3.50. The van der Waals surface area contributed by atoms with Crippen LogP contribution in [-0.4, -0.2) is 35.9 Å². The summed E-state index contributed by atoms with van der Waals surface area (Å²) in [6, 6.07) is 39.0. The Hall–Kier alpha value is -5.14. The van der Waals surface area contributed by atoms with Gasteiger partial charge in [0.15, 0.2) is 5.69 Å². The molecule has 0 spiro atoms. The number of aromatic nitrogens is 2. The van der Waals surface area contributed by atoms with E-state index in [9.17, 15) is 9.59 Å². The van der Waals surface area contributed by atoms with Crippen molar-refractivity contribution < 1.29 is 19.1 Å². The molecule has 0 saturated carbocycles. The van der Waals surface area contributed by atoms with Gasteiger partial charge in [-0.25, -0.2) is 14.3 Å². The first kappa shape index (κ1) is 28.4. The van der Waals surface area contributed by atoms with Crippen molar-refractivity contribution in [1.82, 2.24) is 9.78 Å². The van der Waals surface area contributed by atoms with Crippen LogP contribution < -0.4 is 0 Å². The zero-order valence-electron chi connectivity index (χ0n) is 23.1. The molecule has 208 valence electrons. The number of hydrogen-bond acceptors (Lipinski definition) is 6. The van der Waals surface area contributed by atoms with E-state index in [1.807, 2.05) is 128 Å². The Balaban J connectivity index is 1.82. The van der Waals surface area contributed by atoms with Crippen molar-refractivity contribution in [2.24, 2.45) is 0 Å². The number of esters is 2. The van der Waals surface area contributed by atoms with Gasteiger partial charge in [0.05, 0.1) is 19.9 Å². The van der Waals surface area contributed by atoms with Gasteiger partial charge in [0.25, 0.3) is 0 Å². The highest BCUT2D eigenvalue weighted by Gasteiger charge is 2.24. The van der Waals surface area contributed by atoms with Gasteiger partial charge in [-0.15, -0.1) is 0 Å². The minimum atomic E-state index is -0.538. The van der Waals surface area contributed by atoms with Gasteiger partial charge in [-0.2, -0.15) is 5.10 Å². The van der Waals surface area contributed by atoms with Crippen LogP contribution in [0.3, 0.4) is 0 Å². The van der Waals surface area contributed by atoms with Crippen LogP contribution in [0.15, 0.2) is 134 Å². The van der Waals surface area contributed by atoms with Crippen LogP contribution in [0.2, 0.25) is 0 Å². The number of thioether (sulfide) groups is 1. The number of carbonyl (C=O) groups is 2. The number of nitrogens with zero attached hydrogens (tertiary/aromatic N) is 2. The molecule has 42 heavy (non-hydrogen) atoms. The summed E-state index contributed by atoms with van der Waals surface area (Å²) in [6.07, 6.45) is 3.34. The van der Waals surface area contributed by atoms with Crippen LogP contribution in [-0.2, 0) is 14.3 Å². The van der Waals surface area contributed by atoms with E-state index in [-0.39, 0.29) is 5.69 Å². The molecule has 0 aliphatic heterocycles. The van der Waals surface area contributed by atoms with E-state index >= 15 is 0 Å². The van der Waals surface area contributed by atoms with Crippen molar-refractivity contribution in [2.75, 3.05) is 14.2 Å². The molecule has 1 aromatic heterocycles. The average molecular weight is 573 g/mol. The van der Waals surface area contributed by atoms with E-state index in [1.54, 1.807) is 4.68 Å². The Bertz CT molecular complexity index is 1730. The fourth-order valence-corrected chi connectivity index (χ4v) is 5.60. The number of benzene rings is 4. The zero-order chi connectivity index (χ0) is 29.3. The minimum Gasteiger partial charge on any atom is -0.466 e. The number of carbonyl (C=O) groups excluding carboxylic acids is 2. The van der Waals surface area contributed by atoms with E-state index in [0.717, 1.165) is 32.9 Å². The summed E-state index contributed by atoms with van der Waals surface area (Å²) >= 11 is 1.43. The SMILES string of the molecule is COC(=O)/C=C(/S/C(=C(\c1ccccc1)n1cc(-c2ccccc2)c(C(=O)OC)n1)c1ccccc1)c1ccccc1. The fourth-order valence-electron chi connectivity index (χ4n) is 4.41. The molecule has 4 aromatic carbocycles. The van der Waals surface area contributed by atoms with Crippen LogP contribution >= 0.6 is 11.8 Å². The molecular formula is C35H28N2O4S. The molecule has 5 aromatic rings. The summed E-state index contributed by atoms with van der Waals surface area (Å²) in [6.45, 7) is 0. The van der Waals surface area contributed by atoms with Crippen LogP contribution in [0.1, 0.15) is 27.2 Å². The lowest BCUT2D eigenvalue weighted by Crippen LogP contribution is -2.07. The number of hydrogen-bond donors (Lipinski definition) is 0. The maximum atomic E-state index is 13.0. The number of methoxy groups -OCH3 is 2. The predicted octanol–water partition coefficient (Wildman–Crippen LogP) is 7.66. The molecule has 1 heterocycles. The van der Waals surface area contributed by atoms with Gasteiger partial charge in [-0.1, -0.05) is 133 Å². The van der Waals surface area contributed by atoms with Gasteiger partial charge in [0.2, 0.25) is 0 Å². The highest BCUT2D eigenvalue weighted by atomic mass is 32.2. The quantitative estimate of drug-likeness (QED) is 0.103. The molecule has 0 unspecified atom stereocenters. The van der Waals surface area contributed by atoms with Crippen molar-refractivity contribution in [3.8, 4) is 11.1 Å². The second-order valence-electron chi connectivity index (χ2n) is 9.10.